The topological polar surface area (TPSA) is 215 Å². The van der Waals surface area contributed by atoms with Crippen molar-refractivity contribution >= 4 is 46.2 Å². The lowest BCUT2D eigenvalue weighted by Gasteiger charge is -2.27. The van der Waals surface area contributed by atoms with Crippen molar-refractivity contribution in [2.75, 3.05) is 78.3 Å². The number of carbonyl (C=O) groups is 4. The molecular weight excluding hydrogens is 1550 g/mol. The maximum absolute atomic E-state index is 14.0. The van der Waals surface area contributed by atoms with Crippen LogP contribution in [-0.4, -0.2) is 149 Å². The molecule has 11 rings (SSSR count). The fraction of sp³-hybridized carbons (Fsp3) is 0.447. The monoisotopic (exact) mass is 1680 g/mol. The Morgan fingerprint density at radius 3 is 1.74 bits per heavy atom. The van der Waals surface area contributed by atoms with E-state index >= 15 is 0 Å². The quantitative estimate of drug-likeness (QED) is 0.0239. The second-order valence-electron chi connectivity index (χ2n) is 33.8. The maximum atomic E-state index is 14.0. The van der Waals surface area contributed by atoms with Gasteiger partial charge in [-0.2, -0.15) is 4.58 Å². The molecule has 4 aromatic heterocycles. The highest BCUT2D eigenvalue weighted by Gasteiger charge is 2.45. The highest BCUT2D eigenvalue weighted by atomic mass is 18.2. The Balaban J connectivity index is 0.664. The van der Waals surface area contributed by atoms with E-state index in [1.54, 1.807) is 14.2 Å². The van der Waals surface area contributed by atoms with Crippen LogP contribution in [0.25, 0.3) is 5.57 Å². The van der Waals surface area contributed by atoms with Crippen LogP contribution in [0.3, 0.4) is 0 Å². The summed E-state index contributed by atoms with van der Waals surface area (Å²) in [5.74, 6) is 1.36. The SMILES string of the molecule is CCCCC[N+]1=C(/C=C/C2=C(c3ccc(CCC(=O)N[C@@H](CCCCNC(=O)C(C)[18F])C(=O)CCCOCCOCCC(=O)NCCCCOc4cc(CN(Cc5ccccn5)Cc5ccccn5)cc(CN(Cc5ccccn5)Cc5ccccn5)c4)cc3)C(=C/C=C3/N(CCCC)c4ccc(OC)cc4C3(C)C)/CCC2)C(C)(C)c2cc(OC)ccc21. The number of unbranched alkanes of at least 4 members (excludes halogenated alkanes) is 5. The Bertz CT molecular complexity index is 4710. The summed E-state index contributed by atoms with van der Waals surface area (Å²) in [5, 5.41) is 8.72. The first-order chi connectivity index (χ1) is 60.3. The summed E-state index contributed by atoms with van der Waals surface area (Å²) in [4.78, 5) is 78.9. The van der Waals surface area contributed by atoms with E-state index in [-0.39, 0.29) is 74.1 Å². The number of methoxy groups -OCH3 is 2. The number of alkyl halides is 1. The van der Waals surface area contributed by atoms with Gasteiger partial charge in [-0.3, -0.25) is 48.9 Å². The molecule has 2 aliphatic heterocycles. The molecule has 8 aromatic rings. The summed E-state index contributed by atoms with van der Waals surface area (Å²) in [5.41, 5.74) is 19.0. The molecule has 3 aliphatic rings. The van der Waals surface area contributed by atoms with Gasteiger partial charge in [0.1, 0.15) is 23.8 Å². The van der Waals surface area contributed by atoms with Crippen molar-refractivity contribution in [3.63, 3.8) is 0 Å². The predicted molar refractivity (Wildman–Crippen MR) is 491 cm³/mol. The van der Waals surface area contributed by atoms with Gasteiger partial charge in [0.2, 0.25) is 17.5 Å². The number of anilines is 1. The van der Waals surface area contributed by atoms with Gasteiger partial charge in [-0.15, -0.1) is 0 Å². The van der Waals surface area contributed by atoms with Crippen molar-refractivity contribution in [2.24, 2.45) is 0 Å². The first-order valence-corrected chi connectivity index (χ1v) is 45.0. The number of ketones is 1. The second kappa shape index (κ2) is 48.4. The Labute approximate surface area is 735 Å². The first kappa shape index (κ1) is 93.8. The predicted octanol–water partition coefficient (Wildman–Crippen LogP) is 18.7. The number of allylic oxidation sites excluding steroid dienone is 8. The molecule has 0 spiro atoms. The zero-order valence-corrected chi connectivity index (χ0v) is 74.7. The van der Waals surface area contributed by atoms with Gasteiger partial charge < -0.3 is 44.5 Å². The van der Waals surface area contributed by atoms with Gasteiger partial charge in [0.25, 0.3) is 5.91 Å². The van der Waals surface area contributed by atoms with Gasteiger partial charge in [-0.1, -0.05) is 107 Å². The van der Waals surface area contributed by atoms with Gasteiger partial charge in [0.15, 0.2) is 17.7 Å². The third-order valence-corrected chi connectivity index (χ3v) is 23.5. The summed E-state index contributed by atoms with van der Waals surface area (Å²) in [6.45, 7) is 22.9. The molecule has 1 aliphatic carbocycles. The highest BCUT2D eigenvalue weighted by molar-refractivity contribution is 6.04. The lowest BCUT2D eigenvalue weighted by Crippen LogP contribution is -2.41. The van der Waals surface area contributed by atoms with E-state index in [9.17, 15) is 23.6 Å². The number of aromatic nitrogens is 4. The number of Topliss-reactive ketones (excluding diaryl/α,β-unsaturated/α-hetero) is 1. The molecule has 0 bridgehead atoms. The van der Waals surface area contributed by atoms with E-state index in [2.05, 4.69) is 200 Å². The zero-order valence-electron chi connectivity index (χ0n) is 74.7. The standard InChI is InChI=1S/C103H130FN11O9/c1-10-12-25-59-115-94-47-45-88(121-9)69-91(94)103(6,7)97(115)49-43-81-30-27-29-80(42-48-96-102(4,5)90-68-87(120-8)44-46-93(90)114(96)58-13-11-2)100(81)82-40-37-77(38-41-82)39-50-99(118)111-92(35-18-23-57-110-101(119)76(3)104)95(116)36-28-60-122-63-64-123-62-51-98(117)109-56-24-26-61-124-89-66-78(70-112(72-83-31-14-19-52-105-83)73-84-32-15-20-53-106-84)65-79(67-89)71-113(74-85-33-16-21-54-107-85)75-86-34-17-22-55-108-86/h14-17,19-22,31-34,37-38,40-49,52-55,65-69,76,92H,10-13,18,23-30,35-36,39,50-51,56-64,70-75H2,1-9H3,(H2-,109,110,111,117,118,119)/p+1/t76?,92-/m0/s1/i104-1. The smallest absolute Gasteiger partial charge is 0.254 e. The van der Waals surface area contributed by atoms with Gasteiger partial charge in [0, 0.05) is 150 Å². The number of fused-ring (bicyclic) bond motifs is 2. The van der Waals surface area contributed by atoms with Crippen LogP contribution in [0.4, 0.5) is 15.8 Å². The van der Waals surface area contributed by atoms with E-state index in [1.807, 2.05) is 97.6 Å². The van der Waals surface area contributed by atoms with Crippen molar-refractivity contribution in [1.29, 1.82) is 0 Å². The molecule has 21 heteroatoms. The summed E-state index contributed by atoms with van der Waals surface area (Å²) in [6.07, 6.45) is 27.9. The van der Waals surface area contributed by atoms with Crippen LogP contribution in [0.15, 0.2) is 218 Å². The van der Waals surface area contributed by atoms with Crippen molar-refractivity contribution in [3.05, 3.63) is 274 Å². The van der Waals surface area contributed by atoms with Gasteiger partial charge in [-0.25, -0.2) is 4.39 Å². The molecule has 1 unspecified atom stereocenters. The Hall–Kier alpha value is -10.8. The minimum atomic E-state index is -1.63. The van der Waals surface area contributed by atoms with Crippen LogP contribution in [0.5, 0.6) is 17.2 Å². The van der Waals surface area contributed by atoms with Crippen molar-refractivity contribution < 1.29 is 51.8 Å². The number of hydrogen-bond acceptors (Lipinski definition) is 16. The van der Waals surface area contributed by atoms with Gasteiger partial charge in [0.05, 0.1) is 74.9 Å². The number of ether oxygens (including phenoxy) is 5. The fourth-order valence-electron chi connectivity index (χ4n) is 16.8. The van der Waals surface area contributed by atoms with Crippen molar-refractivity contribution in [2.45, 2.75) is 226 Å². The summed E-state index contributed by atoms with van der Waals surface area (Å²) in [7, 11) is 3.47. The molecule has 0 saturated carbocycles. The minimum Gasteiger partial charge on any atom is -0.497 e. The van der Waals surface area contributed by atoms with Gasteiger partial charge >= 0.3 is 0 Å². The molecule has 0 fully saturated rings. The highest BCUT2D eigenvalue weighted by Crippen LogP contribution is 2.50. The maximum Gasteiger partial charge on any atom is 0.254 e. The normalized spacial score (nSPS) is 15.2. The number of amides is 3. The molecule has 3 amide bonds. The lowest BCUT2D eigenvalue weighted by atomic mass is 9.79. The van der Waals surface area contributed by atoms with Crippen LogP contribution in [-0.2, 0) is 85.2 Å². The minimum absolute atomic E-state index is 0.106. The number of carbonyl (C=O) groups excluding carboxylic acids is 4. The number of aryl methyl sites for hydroxylation is 1. The number of benzene rings is 4. The second-order valence-corrected chi connectivity index (χ2v) is 33.8. The molecule has 3 N–H and O–H groups in total. The molecule has 0 saturated heterocycles. The van der Waals surface area contributed by atoms with Crippen molar-refractivity contribution in [3.8, 4) is 17.2 Å². The van der Waals surface area contributed by atoms with Crippen LogP contribution < -0.4 is 35.1 Å². The number of rotatable bonds is 52. The molecule has 124 heavy (non-hydrogen) atoms. The number of nitrogens with zero attached hydrogens (tertiary/aromatic N) is 8. The number of nitrogens with one attached hydrogen (secondary N) is 3. The van der Waals surface area contributed by atoms with Crippen LogP contribution in [0.1, 0.15) is 214 Å². The van der Waals surface area contributed by atoms with Crippen LogP contribution >= 0.6 is 0 Å². The molecule has 658 valence electrons. The van der Waals surface area contributed by atoms with E-state index in [4.69, 9.17) is 23.7 Å². The number of halogens is 1. The van der Waals surface area contributed by atoms with Crippen LogP contribution in [0, 0.1) is 0 Å². The van der Waals surface area contributed by atoms with Crippen LogP contribution in [0.2, 0.25) is 0 Å². The molecule has 20 nitrogen and oxygen atoms in total. The largest absolute Gasteiger partial charge is 0.497 e. The molecule has 4 aromatic carbocycles. The molecular formula is C103H131FN11O9+. The van der Waals surface area contributed by atoms with E-state index in [1.165, 1.54) is 57.6 Å². The van der Waals surface area contributed by atoms with Crippen molar-refractivity contribution in [1.82, 2.24) is 45.7 Å². The lowest BCUT2D eigenvalue weighted by molar-refractivity contribution is -0.438. The molecule has 0 radical (unpaired) electrons. The third-order valence-electron chi connectivity index (χ3n) is 23.5. The Kier molecular flexibility index (Phi) is 36.7. The Morgan fingerprint density at radius 2 is 1.15 bits per heavy atom. The summed E-state index contributed by atoms with van der Waals surface area (Å²) in [6, 6.07) is 51.4. The van der Waals surface area contributed by atoms with E-state index in [0.717, 1.165) is 140 Å². The first-order valence-electron chi connectivity index (χ1n) is 45.0. The number of hydrogen-bond donors (Lipinski definition) is 3. The van der Waals surface area contributed by atoms with Gasteiger partial charge in [-0.05, 0) is 239 Å². The zero-order chi connectivity index (χ0) is 87.5. The Morgan fingerprint density at radius 1 is 0.548 bits per heavy atom. The van der Waals surface area contributed by atoms with E-state index < -0.39 is 18.1 Å². The summed E-state index contributed by atoms with van der Waals surface area (Å²) >= 11 is 0. The summed E-state index contributed by atoms with van der Waals surface area (Å²) < 4.78 is 46.0. The average Bonchev–Trinajstić information content (AvgIpc) is 1.59. The fourth-order valence-corrected chi connectivity index (χ4v) is 16.8. The number of pyridine rings is 4. The average molecular weight is 1690 g/mol. The molecule has 6 heterocycles. The third kappa shape index (κ3) is 27.8. The molecule has 2 atom stereocenters. The van der Waals surface area contributed by atoms with E-state index in [0.29, 0.717) is 91.1 Å².